The molecule has 7 heteroatoms. The summed E-state index contributed by atoms with van der Waals surface area (Å²) in [6.45, 7) is 0. The number of carbonyl (C=O) groups excluding carboxylic acids is 3. The number of hydrogen-bond donors (Lipinski definition) is 1. The lowest BCUT2D eigenvalue weighted by molar-refractivity contribution is -0.115. The van der Waals surface area contributed by atoms with Crippen molar-refractivity contribution >= 4 is 40.5 Å². The Morgan fingerprint density at radius 1 is 1.17 bits per heavy atom. The monoisotopic (exact) mass is 262 g/mol. The van der Waals surface area contributed by atoms with Crippen molar-refractivity contribution in [2.45, 2.75) is 0 Å². The third-order valence-corrected chi connectivity index (χ3v) is 3.52. The number of nitrogens with zero attached hydrogens (tertiary/aromatic N) is 1. The van der Waals surface area contributed by atoms with Gasteiger partial charge in [0.25, 0.3) is 0 Å². The minimum absolute atomic E-state index is 0.109. The van der Waals surface area contributed by atoms with Crippen LogP contribution in [0.5, 0.6) is 0 Å². The number of fused-ring (bicyclic) bond motifs is 1. The highest BCUT2D eigenvalue weighted by atomic mass is 32.2. The Labute approximate surface area is 105 Å². The van der Waals surface area contributed by atoms with Crippen molar-refractivity contribution in [1.29, 1.82) is 5.41 Å². The second-order valence-corrected chi connectivity index (χ2v) is 4.69. The van der Waals surface area contributed by atoms with E-state index >= 15 is 0 Å². The van der Waals surface area contributed by atoms with E-state index in [0.717, 1.165) is 11.8 Å². The minimum Gasteiger partial charge on any atom is -0.386 e. The van der Waals surface area contributed by atoms with Crippen LogP contribution >= 0.6 is 11.8 Å². The Morgan fingerprint density at radius 3 is 2.56 bits per heavy atom. The largest absolute Gasteiger partial charge is 0.386 e. The molecule has 1 aromatic carbocycles. The Kier molecular flexibility index (Phi) is 2.24. The van der Waals surface area contributed by atoms with Crippen LogP contribution < -0.4 is 4.90 Å². The molecule has 1 N–H and O–H groups in total. The number of rotatable bonds is 1. The van der Waals surface area contributed by atoms with Gasteiger partial charge in [-0.2, -0.15) is 0 Å². The first-order valence-electron chi connectivity index (χ1n) is 5.03. The molecule has 1 fully saturated rings. The Hall–Kier alpha value is -2.15. The normalized spacial score (nSPS) is 18.3. The van der Waals surface area contributed by atoms with Gasteiger partial charge < -0.3 is 4.74 Å². The Morgan fingerprint density at radius 2 is 1.89 bits per heavy atom. The molecule has 1 amide bonds. The minimum atomic E-state index is -0.720. The quantitative estimate of drug-likeness (QED) is 0.603. The molecule has 2 heterocycles. The molecular formula is C11H6N2O4S. The molecule has 0 saturated carbocycles. The van der Waals surface area contributed by atoms with E-state index in [9.17, 15) is 14.4 Å². The van der Waals surface area contributed by atoms with Crippen LogP contribution in [0.1, 0.15) is 20.7 Å². The summed E-state index contributed by atoms with van der Waals surface area (Å²) in [4.78, 5) is 35.5. The first kappa shape index (κ1) is 11.0. The van der Waals surface area contributed by atoms with Crippen LogP contribution in [0.3, 0.4) is 0 Å². The van der Waals surface area contributed by atoms with Gasteiger partial charge in [0.2, 0.25) is 5.91 Å². The van der Waals surface area contributed by atoms with E-state index < -0.39 is 11.9 Å². The average molecular weight is 262 g/mol. The van der Waals surface area contributed by atoms with Crippen molar-refractivity contribution in [2.75, 3.05) is 10.7 Å². The van der Waals surface area contributed by atoms with Gasteiger partial charge in [0.1, 0.15) is 0 Å². The van der Waals surface area contributed by atoms with Crippen LogP contribution in [0.15, 0.2) is 18.2 Å². The molecule has 2 aliphatic rings. The molecule has 0 unspecified atom stereocenters. The third kappa shape index (κ3) is 1.44. The summed E-state index contributed by atoms with van der Waals surface area (Å²) in [5.74, 6) is -1.41. The van der Waals surface area contributed by atoms with Crippen molar-refractivity contribution in [3.8, 4) is 0 Å². The zero-order valence-electron chi connectivity index (χ0n) is 8.93. The van der Waals surface area contributed by atoms with E-state index in [1.165, 1.54) is 23.1 Å². The zero-order chi connectivity index (χ0) is 12.9. The van der Waals surface area contributed by atoms with Gasteiger partial charge in [-0.05, 0) is 18.2 Å². The number of esters is 2. The molecule has 18 heavy (non-hydrogen) atoms. The van der Waals surface area contributed by atoms with Gasteiger partial charge in [-0.3, -0.25) is 15.1 Å². The van der Waals surface area contributed by atoms with E-state index in [2.05, 4.69) is 4.74 Å². The van der Waals surface area contributed by atoms with Gasteiger partial charge in [0.05, 0.1) is 22.6 Å². The van der Waals surface area contributed by atoms with Crippen molar-refractivity contribution in [1.82, 2.24) is 0 Å². The van der Waals surface area contributed by atoms with Gasteiger partial charge in [-0.25, -0.2) is 9.59 Å². The predicted molar refractivity (Wildman–Crippen MR) is 63.9 cm³/mol. The summed E-state index contributed by atoms with van der Waals surface area (Å²) in [5.41, 5.74) is 0.727. The van der Waals surface area contributed by atoms with Crippen molar-refractivity contribution in [3.05, 3.63) is 29.3 Å². The second kappa shape index (κ2) is 3.67. The summed E-state index contributed by atoms with van der Waals surface area (Å²) < 4.78 is 4.46. The highest BCUT2D eigenvalue weighted by molar-refractivity contribution is 8.15. The van der Waals surface area contributed by atoms with Gasteiger partial charge in [0, 0.05) is 0 Å². The van der Waals surface area contributed by atoms with Crippen LogP contribution in [0.2, 0.25) is 0 Å². The third-order valence-electron chi connectivity index (χ3n) is 2.67. The first-order valence-corrected chi connectivity index (χ1v) is 6.01. The number of carbonyl (C=O) groups is 3. The van der Waals surface area contributed by atoms with Gasteiger partial charge in [-0.15, -0.1) is 0 Å². The summed E-state index contributed by atoms with van der Waals surface area (Å²) in [5, 5.41) is 7.75. The van der Waals surface area contributed by atoms with Crippen LogP contribution in [0.4, 0.5) is 5.69 Å². The molecule has 0 radical (unpaired) electrons. The summed E-state index contributed by atoms with van der Waals surface area (Å²) in [7, 11) is 0. The lowest BCUT2D eigenvalue weighted by atomic mass is 10.1. The fraction of sp³-hybridized carbons (Fsp3) is 0.0909. The molecule has 3 rings (SSSR count). The van der Waals surface area contributed by atoms with Crippen LogP contribution in [-0.4, -0.2) is 28.8 Å². The Balaban J connectivity index is 2.08. The van der Waals surface area contributed by atoms with Gasteiger partial charge in [0.15, 0.2) is 5.17 Å². The second-order valence-electron chi connectivity index (χ2n) is 3.73. The smallest absolute Gasteiger partial charge is 0.346 e. The number of thioether (sulfide) groups is 1. The molecule has 1 aromatic rings. The molecule has 0 bridgehead atoms. The maximum absolute atomic E-state index is 11.6. The van der Waals surface area contributed by atoms with Gasteiger partial charge in [-0.1, -0.05) is 11.8 Å². The molecule has 0 atom stereocenters. The first-order chi connectivity index (χ1) is 8.58. The van der Waals surface area contributed by atoms with Crippen molar-refractivity contribution in [3.63, 3.8) is 0 Å². The van der Waals surface area contributed by atoms with Crippen LogP contribution in [0.25, 0.3) is 0 Å². The van der Waals surface area contributed by atoms with E-state index in [0.29, 0.717) is 5.69 Å². The highest BCUT2D eigenvalue weighted by Gasteiger charge is 2.33. The number of amidine groups is 1. The van der Waals surface area contributed by atoms with Gasteiger partial charge >= 0.3 is 11.9 Å². The van der Waals surface area contributed by atoms with Crippen LogP contribution in [0, 0.1) is 5.41 Å². The average Bonchev–Trinajstić information content (AvgIpc) is 2.81. The molecule has 0 spiro atoms. The molecular weight excluding hydrogens is 256 g/mol. The number of benzene rings is 1. The topological polar surface area (TPSA) is 87.5 Å². The number of anilines is 1. The number of nitrogens with one attached hydrogen (secondary N) is 1. The van der Waals surface area contributed by atoms with E-state index in [1.807, 2.05) is 0 Å². The molecule has 0 aliphatic carbocycles. The van der Waals surface area contributed by atoms with E-state index in [4.69, 9.17) is 5.41 Å². The maximum Gasteiger partial charge on any atom is 0.346 e. The fourth-order valence-corrected chi connectivity index (χ4v) is 2.57. The SMILES string of the molecule is N=C1SCC(=O)N1c1ccc2c(c1)C(=O)OC2=O. The van der Waals surface area contributed by atoms with Crippen molar-refractivity contribution in [2.24, 2.45) is 0 Å². The summed E-state index contributed by atoms with van der Waals surface area (Å²) in [6.07, 6.45) is 0. The lowest BCUT2D eigenvalue weighted by Crippen LogP contribution is -2.28. The standard InChI is InChI=1S/C11H6N2O4S/c12-11-13(8(14)4-18-11)5-1-2-6-7(3-5)10(16)17-9(6)15/h1-3,12H,4H2. The fourth-order valence-electron chi connectivity index (χ4n) is 1.85. The molecule has 2 aliphatic heterocycles. The molecule has 90 valence electrons. The zero-order valence-corrected chi connectivity index (χ0v) is 9.74. The number of amides is 1. The number of ether oxygens (including phenoxy) is 1. The number of hydrogen-bond acceptors (Lipinski definition) is 6. The molecule has 1 saturated heterocycles. The van der Waals surface area contributed by atoms with Crippen LogP contribution in [-0.2, 0) is 9.53 Å². The van der Waals surface area contributed by atoms with Crippen molar-refractivity contribution < 1.29 is 19.1 Å². The van der Waals surface area contributed by atoms with E-state index in [1.54, 1.807) is 0 Å². The maximum atomic E-state index is 11.6. The molecule has 0 aromatic heterocycles. The summed E-state index contributed by atoms with van der Waals surface area (Å²) >= 11 is 1.12. The predicted octanol–water partition coefficient (Wildman–Crippen LogP) is 1.01. The molecule has 6 nitrogen and oxygen atoms in total. The Bertz CT molecular complexity index is 609. The lowest BCUT2D eigenvalue weighted by Gasteiger charge is -2.14. The highest BCUT2D eigenvalue weighted by Crippen LogP contribution is 2.30. The summed E-state index contributed by atoms with van der Waals surface area (Å²) in [6, 6.07) is 4.36. The van der Waals surface area contributed by atoms with E-state index in [-0.39, 0.29) is 28.0 Å². The number of cyclic esters (lactones) is 2.